The van der Waals surface area contributed by atoms with Gasteiger partial charge in [-0.05, 0) is 17.7 Å². The number of hydrogen-bond acceptors (Lipinski definition) is 3. The molecule has 3 nitrogen and oxygen atoms in total. The van der Waals surface area contributed by atoms with Crippen LogP contribution in [-0.2, 0) is 5.75 Å². The van der Waals surface area contributed by atoms with Crippen LogP contribution in [0, 0.1) is 0 Å². The first-order chi connectivity index (χ1) is 10.8. The molecule has 1 heterocycles. The summed E-state index contributed by atoms with van der Waals surface area (Å²) in [6.45, 7) is 0. The van der Waals surface area contributed by atoms with E-state index in [0.29, 0.717) is 15.9 Å². The van der Waals surface area contributed by atoms with Gasteiger partial charge in [0.05, 0.1) is 10.7 Å². The van der Waals surface area contributed by atoms with Gasteiger partial charge in [-0.1, -0.05) is 65.8 Å². The molecule has 0 saturated carbocycles. The summed E-state index contributed by atoms with van der Waals surface area (Å²) in [4.78, 5) is 16.6. The maximum atomic E-state index is 12.3. The quantitative estimate of drug-likeness (QED) is 0.532. The molecule has 3 aromatic rings. The van der Waals surface area contributed by atoms with E-state index in [1.165, 1.54) is 29.6 Å². The van der Waals surface area contributed by atoms with Gasteiger partial charge in [-0.15, -0.1) is 0 Å². The largest absolute Gasteiger partial charge is 0.269 e. The monoisotopic (exact) mass is 328 g/mol. The van der Waals surface area contributed by atoms with Crippen molar-refractivity contribution < 1.29 is 0 Å². The highest BCUT2D eigenvalue weighted by Crippen LogP contribution is 2.25. The first kappa shape index (κ1) is 14.9. The average molecular weight is 329 g/mol. The van der Waals surface area contributed by atoms with Crippen LogP contribution in [0.2, 0.25) is 5.02 Å². The fourth-order valence-electron chi connectivity index (χ4n) is 2.07. The molecule has 0 atom stereocenters. The molecule has 0 aliphatic carbocycles. The molecule has 1 aromatic heterocycles. The highest BCUT2D eigenvalue weighted by molar-refractivity contribution is 7.98. The van der Waals surface area contributed by atoms with Gasteiger partial charge in [-0.2, -0.15) is 0 Å². The maximum absolute atomic E-state index is 12.3. The van der Waals surface area contributed by atoms with Crippen molar-refractivity contribution in [2.24, 2.45) is 0 Å². The second-order valence-corrected chi connectivity index (χ2v) is 5.98. The van der Waals surface area contributed by atoms with Crippen LogP contribution in [0.3, 0.4) is 0 Å². The summed E-state index contributed by atoms with van der Waals surface area (Å²) in [6, 6.07) is 18.8. The first-order valence-electron chi connectivity index (χ1n) is 6.75. The van der Waals surface area contributed by atoms with Crippen molar-refractivity contribution in [2.75, 3.05) is 0 Å². The number of para-hydroxylation sites is 1. The number of benzene rings is 2. The van der Waals surface area contributed by atoms with E-state index in [1.807, 2.05) is 48.5 Å². The predicted octanol–water partition coefficient (Wildman–Crippen LogP) is 4.18. The van der Waals surface area contributed by atoms with Gasteiger partial charge in [0.25, 0.3) is 5.56 Å². The minimum Gasteiger partial charge on any atom is -0.269 e. The molecule has 0 amide bonds. The zero-order valence-electron chi connectivity index (χ0n) is 11.6. The van der Waals surface area contributed by atoms with Gasteiger partial charge in [-0.3, -0.25) is 9.36 Å². The molecule has 22 heavy (non-hydrogen) atoms. The van der Waals surface area contributed by atoms with Gasteiger partial charge in [-0.25, -0.2) is 4.98 Å². The zero-order chi connectivity index (χ0) is 15.4. The molecule has 0 saturated heterocycles. The molecule has 0 aliphatic rings. The van der Waals surface area contributed by atoms with Crippen molar-refractivity contribution in [1.29, 1.82) is 0 Å². The van der Waals surface area contributed by atoms with Crippen LogP contribution in [-0.4, -0.2) is 9.55 Å². The summed E-state index contributed by atoms with van der Waals surface area (Å²) in [5, 5.41) is 1.16. The molecule has 2 aromatic carbocycles. The summed E-state index contributed by atoms with van der Waals surface area (Å²) in [5.41, 5.74) is 1.69. The average Bonchev–Trinajstić information content (AvgIpc) is 2.55. The highest BCUT2D eigenvalue weighted by Gasteiger charge is 2.11. The Hall–Kier alpha value is -2.04. The summed E-state index contributed by atoms with van der Waals surface area (Å²) in [6.07, 6.45) is 1.53. The van der Waals surface area contributed by atoms with Crippen LogP contribution in [0.4, 0.5) is 0 Å². The van der Waals surface area contributed by atoms with Crippen LogP contribution in [0.15, 0.2) is 76.8 Å². The van der Waals surface area contributed by atoms with Gasteiger partial charge in [0, 0.05) is 18.0 Å². The Morgan fingerprint density at radius 3 is 2.50 bits per heavy atom. The third kappa shape index (κ3) is 3.24. The minimum absolute atomic E-state index is 0.140. The lowest BCUT2D eigenvalue weighted by Gasteiger charge is -2.12. The summed E-state index contributed by atoms with van der Waals surface area (Å²) in [5.74, 6) is 0.738. The summed E-state index contributed by atoms with van der Waals surface area (Å²) < 4.78 is 1.55. The predicted molar refractivity (Wildman–Crippen MR) is 90.8 cm³/mol. The number of nitrogens with zero attached hydrogens (tertiary/aromatic N) is 2. The molecule has 3 rings (SSSR count). The van der Waals surface area contributed by atoms with Crippen molar-refractivity contribution in [3.63, 3.8) is 0 Å². The number of hydrogen-bond donors (Lipinski definition) is 0. The lowest BCUT2D eigenvalue weighted by atomic mass is 10.2. The Morgan fingerprint density at radius 1 is 1.00 bits per heavy atom. The van der Waals surface area contributed by atoms with Gasteiger partial charge >= 0.3 is 0 Å². The first-order valence-corrected chi connectivity index (χ1v) is 8.12. The molecule has 0 aliphatic heterocycles. The molecule has 0 unspecified atom stereocenters. The van der Waals surface area contributed by atoms with Crippen LogP contribution in [0.1, 0.15) is 5.56 Å². The van der Waals surface area contributed by atoms with E-state index >= 15 is 0 Å². The molecule has 0 spiro atoms. The van der Waals surface area contributed by atoms with Crippen molar-refractivity contribution >= 4 is 23.4 Å². The van der Waals surface area contributed by atoms with Crippen LogP contribution < -0.4 is 5.56 Å². The van der Waals surface area contributed by atoms with Gasteiger partial charge in [0.1, 0.15) is 0 Å². The standard InChI is InChI=1S/C17H13ClN2OS/c18-14-8-4-5-9-15(14)20-16(21)10-11-19-17(20)22-12-13-6-2-1-3-7-13/h1-11H,12H2. The van der Waals surface area contributed by atoms with Gasteiger partial charge in [0.2, 0.25) is 0 Å². The highest BCUT2D eigenvalue weighted by atomic mass is 35.5. The SMILES string of the molecule is O=c1ccnc(SCc2ccccc2)n1-c1ccccc1Cl. The molecule has 0 N–H and O–H groups in total. The zero-order valence-corrected chi connectivity index (χ0v) is 13.2. The smallest absolute Gasteiger partial charge is 0.258 e. The fraction of sp³-hybridized carbons (Fsp3) is 0.0588. The van der Waals surface area contributed by atoms with E-state index in [1.54, 1.807) is 10.6 Å². The van der Waals surface area contributed by atoms with Crippen LogP contribution in [0.25, 0.3) is 5.69 Å². The molecular formula is C17H13ClN2OS. The Kier molecular flexibility index (Phi) is 4.61. The Balaban J connectivity index is 1.97. The minimum atomic E-state index is -0.140. The molecule has 0 radical (unpaired) electrons. The number of aromatic nitrogens is 2. The lowest BCUT2D eigenvalue weighted by molar-refractivity contribution is 0.796. The van der Waals surface area contributed by atoms with Crippen LogP contribution in [0.5, 0.6) is 0 Å². The van der Waals surface area contributed by atoms with E-state index in [2.05, 4.69) is 4.98 Å². The molecule has 110 valence electrons. The Bertz CT molecular complexity index is 833. The summed E-state index contributed by atoms with van der Waals surface area (Å²) in [7, 11) is 0. The van der Waals surface area contributed by atoms with Crippen molar-refractivity contribution in [2.45, 2.75) is 10.9 Å². The second kappa shape index (κ2) is 6.81. The lowest BCUT2D eigenvalue weighted by Crippen LogP contribution is -2.20. The maximum Gasteiger partial charge on any atom is 0.258 e. The second-order valence-electron chi connectivity index (χ2n) is 4.63. The number of thioether (sulfide) groups is 1. The van der Waals surface area contributed by atoms with E-state index in [0.717, 1.165) is 5.75 Å². The fourth-order valence-corrected chi connectivity index (χ4v) is 3.23. The van der Waals surface area contributed by atoms with E-state index < -0.39 is 0 Å². The molecule has 0 fully saturated rings. The van der Waals surface area contributed by atoms with Crippen LogP contribution >= 0.6 is 23.4 Å². The molecular weight excluding hydrogens is 316 g/mol. The van der Waals surface area contributed by atoms with E-state index in [-0.39, 0.29) is 5.56 Å². The normalized spacial score (nSPS) is 10.6. The molecule has 0 bridgehead atoms. The van der Waals surface area contributed by atoms with E-state index in [9.17, 15) is 4.79 Å². The van der Waals surface area contributed by atoms with Gasteiger partial charge < -0.3 is 0 Å². The van der Waals surface area contributed by atoms with Gasteiger partial charge in [0.15, 0.2) is 5.16 Å². The van der Waals surface area contributed by atoms with Crippen molar-refractivity contribution in [3.8, 4) is 5.69 Å². The summed E-state index contributed by atoms with van der Waals surface area (Å²) >= 11 is 7.73. The molecule has 5 heteroatoms. The third-order valence-corrected chi connectivity index (χ3v) is 4.46. The van der Waals surface area contributed by atoms with E-state index in [4.69, 9.17) is 11.6 Å². The number of halogens is 1. The van der Waals surface area contributed by atoms with Crippen molar-refractivity contribution in [3.05, 3.63) is 87.8 Å². The van der Waals surface area contributed by atoms with Crippen molar-refractivity contribution in [1.82, 2.24) is 9.55 Å². The third-order valence-electron chi connectivity index (χ3n) is 3.12. The Morgan fingerprint density at radius 2 is 1.73 bits per heavy atom. The topological polar surface area (TPSA) is 34.9 Å². The Labute approximate surface area is 137 Å². The number of rotatable bonds is 4.